The van der Waals surface area contributed by atoms with Crippen LogP contribution in [0.25, 0.3) is 32.8 Å². The number of hydrogen-bond donors (Lipinski definition) is 2. The first-order valence-corrected chi connectivity index (χ1v) is 15.5. The number of nitrogens with two attached hydrogens (primary N) is 1. The van der Waals surface area contributed by atoms with E-state index in [1.165, 1.54) is 24.3 Å². The first kappa shape index (κ1) is 28.8. The molecule has 0 amide bonds. The number of hydrogen-bond acceptors (Lipinski definition) is 8. The molecule has 1 aromatic heterocycles. The highest BCUT2D eigenvalue weighted by Gasteiger charge is 2.47. The number of benzene rings is 3. The molecule has 4 aliphatic heterocycles. The molecule has 46 heavy (non-hydrogen) atoms. The molecule has 2 bridgehead atoms. The van der Waals surface area contributed by atoms with E-state index in [0.717, 1.165) is 38.1 Å². The number of nitrogen functional groups attached to an aromatic ring is 1. The SMILES string of the molecule is C#Cc1c(F)ccc2cc(N)cc(-c3c(F)cc4c(N5CC6C=CC(C5)N6)nc(OCC56CCCN5CC(=NC)C6)nc4c3F)c12. The lowest BCUT2D eigenvalue weighted by Gasteiger charge is -2.35. The Hall–Kier alpha value is -4.66. The Labute approximate surface area is 264 Å². The van der Waals surface area contributed by atoms with Gasteiger partial charge in [-0.1, -0.05) is 24.1 Å². The van der Waals surface area contributed by atoms with Gasteiger partial charge in [0, 0.05) is 67.4 Å². The van der Waals surface area contributed by atoms with Crippen molar-refractivity contribution in [2.24, 2.45) is 4.99 Å². The summed E-state index contributed by atoms with van der Waals surface area (Å²) in [4.78, 5) is 18.2. The van der Waals surface area contributed by atoms with E-state index in [1.807, 2.05) is 11.9 Å². The molecule has 3 N–H and O–H groups in total. The van der Waals surface area contributed by atoms with Crippen molar-refractivity contribution in [1.29, 1.82) is 0 Å². The van der Waals surface area contributed by atoms with Gasteiger partial charge in [-0.25, -0.2) is 13.2 Å². The number of terminal acetylenes is 1. The van der Waals surface area contributed by atoms with Crippen LogP contribution in [0, 0.1) is 29.8 Å². The van der Waals surface area contributed by atoms with Gasteiger partial charge in [0.2, 0.25) is 0 Å². The third-order valence-corrected chi connectivity index (χ3v) is 9.92. The van der Waals surface area contributed by atoms with Gasteiger partial charge in [0.05, 0.1) is 16.7 Å². The molecule has 3 unspecified atom stereocenters. The number of nitrogens with one attached hydrogen (secondary N) is 1. The summed E-state index contributed by atoms with van der Waals surface area (Å²) in [5, 5.41) is 4.36. The maximum Gasteiger partial charge on any atom is 0.319 e. The van der Waals surface area contributed by atoms with Crippen molar-refractivity contribution in [2.45, 2.75) is 36.9 Å². The molecule has 234 valence electrons. The van der Waals surface area contributed by atoms with Crippen LogP contribution in [0.1, 0.15) is 24.8 Å². The number of nitrogens with zero attached hydrogens (tertiary/aromatic N) is 5. The second-order valence-corrected chi connectivity index (χ2v) is 12.7. The number of aromatic nitrogens is 2. The van der Waals surface area contributed by atoms with Crippen LogP contribution >= 0.6 is 0 Å². The van der Waals surface area contributed by atoms with Gasteiger partial charge >= 0.3 is 6.01 Å². The average molecular weight is 624 g/mol. The largest absolute Gasteiger partial charge is 0.461 e. The van der Waals surface area contributed by atoms with Crippen LogP contribution in [0.2, 0.25) is 0 Å². The van der Waals surface area contributed by atoms with Crippen molar-refractivity contribution in [1.82, 2.24) is 20.2 Å². The second kappa shape index (κ2) is 10.7. The van der Waals surface area contributed by atoms with Gasteiger partial charge in [0.25, 0.3) is 0 Å². The summed E-state index contributed by atoms with van der Waals surface area (Å²) in [6.07, 6.45) is 12.7. The summed E-state index contributed by atoms with van der Waals surface area (Å²) >= 11 is 0. The maximum atomic E-state index is 16.9. The minimum absolute atomic E-state index is 0.00806. The Morgan fingerprint density at radius 1 is 1.13 bits per heavy atom. The van der Waals surface area contributed by atoms with Crippen LogP contribution in [-0.4, -0.2) is 78.0 Å². The zero-order chi connectivity index (χ0) is 31.7. The number of rotatable bonds is 5. The van der Waals surface area contributed by atoms with E-state index in [2.05, 4.69) is 38.3 Å². The smallest absolute Gasteiger partial charge is 0.319 e. The van der Waals surface area contributed by atoms with Crippen molar-refractivity contribution >= 4 is 38.9 Å². The Morgan fingerprint density at radius 2 is 1.93 bits per heavy atom. The summed E-state index contributed by atoms with van der Waals surface area (Å²) in [6, 6.07) is 7.12. The average Bonchev–Trinajstić information content (AvgIpc) is 3.71. The molecule has 8 rings (SSSR count). The fraction of sp³-hybridized carbons (Fsp3) is 0.343. The van der Waals surface area contributed by atoms with Gasteiger partial charge in [-0.05, 0) is 54.6 Å². The van der Waals surface area contributed by atoms with Crippen molar-refractivity contribution < 1.29 is 17.9 Å². The van der Waals surface area contributed by atoms with Crippen LogP contribution < -0.4 is 20.7 Å². The Balaban J connectivity index is 1.30. The summed E-state index contributed by atoms with van der Waals surface area (Å²) in [5.41, 5.74) is 6.76. The minimum Gasteiger partial charge on any atom is -0.461 e. The molecule has 11 heteroatoms. The summed E-state index contributed by atoms with van der Waals surface area (Å²) in [6.45, 7) is 3.18. The molecule has 3 saturated heterocycles. The van der Waals surface area contributed by atoms with E-state index < -0.39 is 23.0 Å². The lowest BCUT2D eigenvalue weighted by molar-refractivity contribution is 0.108. The van der Waals surface area contributed by atoms with Gasteiger partial charge in [-0.3, -0.25) is 9.89 Å². The van der Waals surface area contributed by atoms with E-state index in [-0.39, 0.29) is 56.7 Å². The molecule has 8 nitrogen and oxygen atoms in total. The van der Waals surface area contributed by atoms with Crippen LogP contribution in [0.4, 0.5) is 24.7 Å². The highest BCUT2D eigenvalue weighted by Crippen LogP contribution is 2.42. The normalized spacial score (nSPS) is 24.8. The predicted molar refractivity (Wildman–Crippen MR) is 174 cm³/mol. The molecular weight excluding hydrogens is 591 g/mol. The van der Waals surface area contributed by atoms with Gasteiger partial charge in [0.1, 0.15) is 29.6 Å². The van der Waals surface area contributed by atoms with Crippen LogP contribution in [0.15, 0.2) is 47.5 Å². The third-order valence-electron chi connectivity index (χ3n) is 9.92. The summed E-state index contributed by atoms with van der Waals surface area (Å²) < 4.78 is 54.4. The molecule has 0 spiro atoms. The first-order valence-electron chi connectivity index (χ1n) is 15.5. The topological polar surface area (TPSA) is 91.9 Å². The highest BCUT2D eigenvalue weighted by molar-refractivity contribution is 6.05. The number of aliphatic imine (C=N–C) groups is 1. The van der Waals surface area contributed by atoms with E-state index in [1.54, 1.807) is 6.07 Å². The maximum absolute atomic E-state index is 16.9. The lowest BCUT2D eigenvalue weighted by Crippen LogP contribution is -2.52. The van der Waals surface area contributed by atoms with Crippen molar-refractivity contribution in [3.8, 4) is 29.5 Å². The fourth-order valence-corrected chi connectivity index (χ4v) is 7.78. The third kappa shape index (κ3) is 4.50. The monoisotopic (exact) mass is 623 g/mol. The van der Waals surface area contributed by atoms with E-state index in [9.17, 15) is 4.39 Å². The highest BCUT2D eigenvalue weighted by atomic mass is 19.1. The zero-order valence-electron chi connectivity index (χ0n) is 25.3. The number of ether oxygens (including phenoxy) is 1. The van der Waals surface area contributed by atoms with Crippen molar-refractivity contribution in [3.63, 3.8) is 0 Å². The summed E-state index contributed by atoms with van der Waals surface area (Å²) in [5.74, 6) is 0.273. The molecule has 3 fully saturated rings. The zero-order valence-corrected chi connectivity index (χ0v) is 25.3. The van der Waals surface area contributed by atoms with Gasteiger partial charge in [-0.2, -0.15) is 9.97 Å². The molecular formula is C35H32F3N7O. The van der Waals surface area contributed by atoms with Crippen LogP contribution in [-0.2, 0) is 0 Å². The van der Waals surface area contributed by atoms with Crippen LogP contribution in [0.3, 0.4) is 0 Å². The molecule has 5 heterocycles. The molecule has 3 aromatic carbocycles. The Bertz CT molecular complexity index is 2030. The minimum atomic E-state index is -0.930. The fourth-order valence-electron chi connectivity index (χ4n) is 7.78. The van der Waals surface area contributed by atoms with Crippen molar-refractivity contribution in [2.75, 3.05) is 50.5 Å². The molecule has 0 radical (unpaired) electrons. The predicted octanol–water partition coefficient (Wildman–Crippen LogP) is 4.84. The van der Waals surface area contributed by atoms with Gasteiger partial charge in [0.15, 0.2) is 5.82 Å². The molecule has 0 saturated carbocycles. The summed E-state index contributed by atoms with van der Waals surface area (Å²) in [7, 11) is 1.81. The number of piperazine rings is 1. The van der Waals surface area contributed by atoms with Gasteiger partial charge < -0.3 is 20.7 Å². The van der Waals surface area contributed by atoms with Crippen LogP contribution in [0.5, 0.6) is 6.01 Å². The molecule has 4 aromatic rings. The molecule has 3 atom stereocenters. The Kier molecular flexibility index (Phi) is 6.70. The second-order valence-electron chi connectivity index (χ2n) is 12.7. The van der Waals surface area contributed by atoms with Crippen molar-refractivity contribution in [3.05, 3.63) is 65.5 Å². The quantitative estimate of drug-likeness (QED) is 0.187. The number of halogens is 3. The number of anilines is 2. The van der Waals surface area contributed by atoms with E-state index in [0.29, 0.717) is 30.9 Å². The molecule has 0 aliphatic carbocycles. The van der Waals surface area contributed by atoms with E-state index in [4.69, 9.17) is 21.9 Å². The molecule has 4 aliphatic rings. The standard InChI is InChI=1S/C35H32F3N7O/c1-3-24-27(36)8-5-19-11-20(39)12-25(29(19)24)30-28(37)13-26-32(31(30)38)42-34(43-33(26)44-15-21-6-7-22(16-44)41-21)46-18-35-9-4-10-45(35)17-23(14-35)40-2/h1,5-8,11-13,21-22,41H,4,9-10,14-18,39H2,2H3. The number of fused-ring (bicyclic) bond motifs is 5. The Morgan fingerprint density at radius 3 is 2.70 bits per heavy atom. The van der Waals surface area contributed by atoms with E-state index >= 15 is 8.78 Å². The van der Waals surface area contributed by atoms with Gasteiger partial charge in [-0.15, -0.1) is 6.42 Å². The lowest BCUT2D eigenvalue weighted by atomic mass is 9.92. The first-order chi connectivity index (χ1) is 22.3.